The van der Waals surface area contributed by atoms with E-state index in [9.17, 15) is 0 Å². The van der Waals surface area contributed by atoms with Gasteiger partial charge in [-0.25, -0.2) is 0 Å². The van der Waals surface area contributed by atoms with Gasteiger partial charge in [-0.3, -0.25) is 0 Å². The van der Waals surface area contributed by atoms with Crippen molar-refractivity contribution in [2.45, 2.75) is 63.7 Å². The molecular weight excluding hydrogens is 340 g/mol. The predicted octanol–water partition coefficient (Wildman–Crippen LogP) is 5.92. The van der Waals surface area contributed by atoms with E-state index in [4.69, 9.17) is 4.74 Å². The zero-order valence-corrected chi connectivity index (χ0v) is 17.1. The highest BCUT2D eigenvalue weighted by Gasteiger charge is 2.16. The highest BCUT2D eigenvalue weighted by molar-refractivity contribution is 7.98. The molecule has 0 bridgehead atoms. The van der Waals surface area contributed by atoms with Crippen molar-refractivity contribution in [3.8, 4) is 5.75 Å². The molecule has 0 amide bonds. The van der Waals surface area contributed by atoms with Crippen LogP contribution in [0.1, 0.15) is 52.9 Å². The second kappa shape index (κ2) is 8.90. The second-order valence-corrected chi connectivity index (χ2v) is 9.89. The zero-order chi connectivity index (χ0) is 18.4. The fraction of sp³-hybridized carbons (Fsp3) is 0.545. The number of hydrogen-bond donors (Lipinski definition) is 2. The molecule has 0 saturated heterocycles. The first kappa shape index (κ1) is 19.2. The number of hydrogen-bond acceptors (Lipinski definition) is 4. The number of anilines is 1. The van der Waals surface area contributed by atoms with Crippen molar-refractivity contribution >= 4 is 17.6 Å². The van der Waals surface area contributed by atoms with Crippen molar-refractivity contribution in [2.75, 3.05) is 11.9 Å². The van der Waals surface area contributed by atoms with Crippen LogP contribution >= 0.6 is 11.9 Å². The van der Waals surface area contributed by atoms with E-state index in [1.54, 1.807) is 11.9 Å². The molecule has 2 aliphatic carbocycles. The number of benzene rings is 1. The molecular formula is C22H32N2OS. The summed E-state index contributed by atoms with van der Waals surface area (Å²) < 4.78 is 9.70. The highest BCUT2D eigenvalue weighted by Crippen LogP contribution is 2.26. The summed E-state index contributed by atoms with van der Waals surface area (Å²) in [6.45, 7) is 7.60. The summed E-state index contributed by atoms with van der Waals surface area (Å²) in [5.74, 6) is 1.53. The van der Waals surface area contributed by atoms with Gasteiger partial charge in [0.1, 0.15) is 5.75 Å². The summed E-state index contributed by atoms with van der Waals surface area (Å²) >= 11 is 1.77. The van der Waals surface area contributed by atoms with Crippen LogP contribution in [0.25, 0.3) is 0 Å². The minimum atomic E-state index is 0.223. The molecule has 3 rings (SSSR count). The first-order valence-corrected chi connectivity index (χ1v) is 10.6. The average molecular weight is 373 g/mol. The average Bonchev–Trinajstić information content (AvgIpc) is 3.13. The van der Waals surface area contributed by atoms with Crippen LogP contribution < -0.4 is 14.8 Å². The molecule has 142 valence electrons. The van der Waals surface area contributed by atoms with Crippen molar-refractivity contribution in [1.82, 2.24) is 4.72 Å². The highest BCUT2D eigenvalue weighted by atomic mass is 32.2. The van der Waals surface area contributed by atoms with Gasteiger partial charge in [-0.15, -0.1) is 0 Å². The number of ether oxygens (including phenoxy) is 1. The van der Waals surface area contributed by atoms with Crippen LogP contribution in [-0.4, -0.2) is 17.4 Å². The first-order valence-electron chi connectivity index (χ1n) is 9.81. The van der Waals surface area contributed by atoms with Crippen LogP contribution in [0.3, 0.4) is 0 Å². The van der Waals surface area contributed by atoms with E-state index in [0.29, 0.717) is 12.0 Å². The van der Waals surface area contributed by atoms with Crippen LogP contribution in [0.4, 0.5) is 5.69 Å². The standard InChI is InChI=1S/C22H32N2OS/c1-22(2,3)26-24-19-10-8-17(9-11-19)16-23-18-12-14-21(15-13-18)25-20-6-4-5-7-20/h8,10-15,17,20,23-24H,4-7,9,16H2,1-3H3/t17-/m1/s1. The lowest BCUT2D eigenvalue weighted by Crippen LogP contribution is -2.19. The number of allylic oxidation sites excluding steroid dienone is 2. The molecule has 0 heterocycles. The van der Waals surface area contributed by atoms with Gasteiger partial charge in [-0.05, 0) is 101 Å². The smallest absolute Gasteiger partial charge is 0.119 e. The first-order chi connectivity index (χ1) is 12.5. The van der Waals surface area contributed by atoms with Gasteiger partial charge in [0.2, 0.25) is 0 Å². The van der Waals surface area contributed by atoms with Gasteiger partial charge in [0.25, 0.3) is 0 Å². The Hall–Kier alpha value is -1.55. The minimum absolute atomic E-state index is 0.223. The monoisotopic (exact) mass is 372 g/mol. The summed E-state index contributed by atoms with van der Waals surface area (Å²) in [6.07, 6.45) is 13.3. The van der Waals surface area contributed by atoms with E-state index < -0.39 is 0 Å². The Bertz CT molecular complexity index is 625. The molecule has 0 unspecified atom stereocenters. The van der Waals surface area contributed by atoms with Crippen molar-refractivity contribution in [3.63, 3.8) is 0 Å². The lowest BCUT2D eigenvalue weighted by molar-refractivity contribution is 0.210. The summed E-state index contributed by atoms with van der Waals surface area (Å²) in [5.41, 5.74) is 2.38. The van der Waals surface area contributed by atoms with Crippen LogP contribution in [-0.2, 0) is 0 Å². The van der Waals surface area contributed by atoms with Gasteiger partial charge in [-0.2, -0.15) is 0 Å². The lowest BCUT2D eigenvalue weighted by Gasteiger charge is -2.22. The topological polar surface area (TPSA) is 33.3 Å². The Morgan fingerprint density at radius 2 is 1.85 bits per heavy atom. The summed E-state index contributed by atoms with van der Waals surface area (Å²) in [5, 5.41) is 3.54. The van der Waals surface area contributed by atoms with E-state index in [0.717, 1.165) is 24.4 Å². The maximum Gasteiger partial charge on any atom is 0.119 e. The maximum atomic E-state index is 6.03. The van der Waals surface area contributed by atoms with Crippen molar-refractivity contribution in [2.24, 2.45) is 5.92 Å². The molecule has 26 heavy (non-hydrogen) atoms. The molecule has 1 saturated carbocycles. The summed E-state index contributed by atoms with van der Waals surface area (Å²) in [4.78, 5) is 0. The van der Waals surface area contributed by atoms with Gasteiger partial charge < -0.3 is 14.8 Å². The molecule has 2 N–H and O–H groups in total. The van der Waals surface area contributed by atoms with Crippen LogP contribution in [0.2, 0.25) is 0 Å². The zero-order valence-electron chi connectivity index (χ0n) is 16.3. The molecule has 4 heteroatoms. The van der Waals surface area contributed by atoms with E-state index in [-0.39, 0.29) is 4.75 Å². The molecule has 0 spiro atoms. The van der Waals surface area contributed by atoms with Crippen LogP contribution in [0, 0.1) is 5.92 Å². The largest absolute Gasteiger partial charge is 0.490 e. The third kappa shape index (κ3) is 6.31. The molecule has 1 aromatic carbocycles. The maximum absolute atomic E-state index is 6.03. The Kier molecular flexibility index (Phi) is 6.58. The molecule has 1 atom stereocenters. The summed E-state index contributed by atoms with van der Waals surface area (Å²) in [6, 6.07) is 8.42. The second-order valence-electron chi connectivity index (χ2n) is 8.26. The third-order valence-electron chi connectivity index (χ3n) is 4.69. The van der Waals surface area contributed by atoms with Gasteiger partial charge in [0.05, 0.1) is 6.10 Å². The Morgan fingerprint density at radius 3 is 2.46 bits per heavy atom. The Balaban J connectivity index is 1.39. The van der Waals surface area contributed by atoms with Crippen molar-refractivity contribution in [1.29, 1.82) is 0 Å². The van der Waals surface area contributed by atoms with Gasteiger partial charge in [0.15, 0.2) is 0 Å². The van der Waals surface area contributed by atoms with E-state index >= 15 is 0 Å². The molecule has 2 aliphatic rings. The van der Waals surface area contributed by atoms with Crippen LogP contribution in [0.5, 0.6) is 5.75 Å². The van der Waals surface area contributed by atoms with Crippen molar-refractivity contribution in [3.05, 3.63) is 48.2 Å². The number of nitrogens with one attached hydrogen (secondary N) is 2. The summed E-state index contributed by atoms with van der Waals surface area (Å²) in [7, 11) is 0. The van der Waals surface area contributed by atoms with Gasteiger partial charge >= 0.3 is 0 Å². The molecule has 3 nitrogen and oxygen atoms in total. The normalized spacial score (nSPS) is 20.7. The predicted molar refractivity (Wildman–Crippen MR) is 114 cm³/mol. The molecule has 0 radical (unpaired) electrons. The Morgan fingerprint density at radius 1 is 1.12 bits per heavy atom. The minimum Gasteiger partial charge on any atom is -0.490 e. The fourth-order valence-electron chi connectivity index (χ4n) is 3.20. The number of rotatable bonds is 7. The van der Waals surface area contributed by atoms with Crippen molar-refractivity contribution < 1.29 is 4.74 Å². The molecule has 0 aliphatic heterocycles. The lowest BCUT2D eigenvalue weighted by atomic mass is 9.99. The van der Waals surface area contributed by atoms with Crippen LogP contribution in [0.15, 0.2) is 48.2 Å². The molecule has 1 fully saturated rings. The van der Waals surface area contributed by atoms with E-state index in [2.05, 4.69) is 73.3 Å². The third-order valence-corrected chi connectivity index (χ3v) is 5.64. The Labute approximate surface area is 162 Å². The van der Waals surface area contributed by atoms with Gasteiger partial charge in [-0.1, -0.05) is 12.2 Å². The van der Waals surface area contributed by atoms with E-state index in [1.807, 2.05) is 0 Å². The molecule has 1 aromatic rings. The quantitative estimate of drug-likeness (QED) is 0.582. The fourth-order valence-corrected chi connectivity index (χ4v) is 3.78. The molecule has 0 aromatic heterocycles. The SMILES string of the molecule is CC(C)(C)SNC1=CC[C@H](CNc2ccc(OC3CCCC3)cc2)C=C1. The van der Waals surface area contributed by atoms with E-state index in [1.165, 1.54) is 31.4 Å². The van der Waals surface area contributed by atoms with Gasteiger partial charge in [0, 0.05) is 22.7 Å².